The van der Waals surface area contributed by atoms with E-state index in [0.717, 1.165) is 81.0 Å². The monoisotopic (exact) mass is 938 g/mol. The Balaban J connectivity index is 0.000000295. The van der Waals surface area contributed by atoms with Gasteiger partial charge in [0.15, 0.2) is 5.78 Å². The summed E-state index contributed by atoms with van der Waals surface area (Å²) in [5.74, 6) is 1.29. The van der Waals surface area contributed by atoms with Gasteiger partial charge in [-0.05, 0) is 91.1 Å². The Bertz CT molecular complexity index is 2590. The first-order chi connectivity index (χ1) is 26.7. The van der Waals surface area contributed by atoms with Gasteiger partial charge >= 0.3 is 0 Å². The number of fused-ring (bicyclic) bond motifs is 6. The van der Waals surface area contributed by atoms with Crippen molar-refractivity contribution < 1.29 is 34.4 Å². The first-order valence-electron chi connectivity index (χ1n) is 20.3. The number of nitrogens with zero attached hydrogens (tertiary/aromatic N) is 2. The molecule has 0 aliphatic rings. The van der Waals surface area contributed by atoms with Crippen molar-refractivity contribution in [2.24, 2.45) is 10.8 Å². The molecule has 5 aromatic carbocycles. The summed E-state index contributed by atoms with van der Waals surface area (Å²) in [4.78, 5) is 22.4. The van der Waals surface area contributed by atoms with Crippen molar-refractivity contribution in [1.82, 2.24) is 9.97 Å². The largest absolute Gasteiger partial charge is 0.512 e. The molecular weight excluding hydrogens is 881 g/mol. The number of carbonyl (C=O) groups excluding carboxylic acids is 1. The molecule has 0 fully saturated rings. The van der Waals surface area contributed by atoms with E-state index in [0.29, 0.717) is 0 Å². The molecule has 7 aromatic rings. The Kier molecular flexibility index (Phi) is 13.3. The van der Waals surface area contributed by atoms with Crippen molar-refractivity contribution in [3.63, 3.8) is 0 Å². The van der Waals surface area contributed by atoms with Crippen LogP contribution in [0.25, 0.3) is 66.0 Å². The zero-order valence-electron chi connectivity index (χ0n) is 35.5. The van der Waals surface area contributed by atoms with Gasteiger partial charge in [0.1, 0.15) is 17.2 Å². The van der Waals surface area contributed by atoms with Gasteiger partial charge in [0.05, 0.1) is 11.1 Å². The summed E-state index contributed by atoms with van der Waals surface area (Å²) in [5, 5.41) is 15.7. The van der Waals surface area contributed by atoms with E-state index in [9.17, 15) is 9.90 Å². The number of aliphatic hydroxyl groups excluding tert-OH is 1. The number of aliphatic hydroxyl groups is 1. The molecule has 57 heavy (non-hydrogen) atoms. The van der Waals surface area contributed by atoms with Crippen LogP contribution in [0.2, 0.25) is 0 Å². The summed E-state index contributed by atoms with van der Waals surface area (Å²) in [5.41, 5.74) is 9.96. The molecule has 5 nitrogen and oxygen atoms in total. The van der Waals surface area contributed by atoms with E-state index in [1.165, 1.54) is 39.3 Å². The van der Waals surface area contributed by atoms with Crippen LogP contribution in [0.1, 0.15) is 110 Å². The number of hydrogen-bond donors (Lipinski definition) is 1. The number of ketones is 1. The maximum atomic E-state index is 12.2. The second-order valence-electron chi connectivity index (χ2n) is 16.3. The fraction of sp³-hybridized carbons (Fsp3) is 0.353. The minimum atomic E-state index is -0.337. The van der Waals surface area contributed by atoms with Crippen LogP contribution in [0.15, 0.2) is 95.1 Å². The van der Waals surface area contributed by atoms with Crippen molar-refractivity contribution in [3.8, 4) is 22.4 Å². The number of aromatic nitrogens is 2. The Hall–Kier alpha value is -4.64. The van der Waals surface area contributed by atoms with Crippen molar-refractivity contribution in [3.05, 3.63) is 119 Å². The predicted octanol–water partition coefficient (Wildman–Crippen LogP) is 14.5. The van der Waals surface area contributed by atoms with Gasteiger partial charge in [-0.25, -0.2) is 4.98 Å². The molecule has 6 heteroatoms. The van der Waals surface area contributed by atoms with Gasteiger partial charge in [0, 0.05) is 59.4 Å². The zero-order valence-corrected chi connectivity index (χ0v) is 37.9. The molecule has 0 atom stereocenters. The number of carbonyl (C=O) groups is 1. The number of benzene rings is 5. The Morgan fingerprint density at radius 2 is 1.39 bits per heavy atom. The quantitative estimate of drug-likeness (QED) is 0.0640. The van der Waals surface area contributed by atoms with E-state index in [4.69, 9.17) is 14.4 Å². The third-order valence-corrected chi connectivity index (χ3v) is 12.5. The number of hydrogen-bond acceptors (Lipinski definition) is 5. The zero-order chi connectivity index (χ0) is 40.5. The summed E-state index contributed by atoms with van der Waals surface area (Å²) in [6.45, 7) is 22.8. The van der Waals surface area contributed by atoms with Crippen LogP contribution in [0.5, 0.6) is 0 Å². The third-order valence-electron chi connectivity index (χ3n) is 12.5. The van der Waals surface area contributed by atoms with Gasteiger partial charge in [-0.3, -0.25) is 9.78 Å². The van der Waals surface area contributed by atoms with Gasteiger partial charge in [0.25, 0.3) is 0 Å². The van der Waals surface area contributed by atoms with Gasteiger partial charge < -0.3 is 9.52 Å². The molecule has 0 aliphatic heterocycles. The fourth-order valence-corrected chi connectivity index (χ4v) is 7.63. The molecule has 0 spiro atoms. The van der Waals surface area contributed by atoms with Crippen LogP contribution in [-0.4, -0.2) is 20.9 Å². The predicted molar refractivity (Wildman–Crippen MR) is 235 cm³/mol. The average Bonchev–Trinajstić information content (AvgIpc) is 3.58. The van der Waals surface area contributed by atoms with Crippen molar-refractivity contribution in [2.45, 2.75) is 108 Å². The number of rotatable bonds is 10. The summed E-state index contributed by atoms with van der Waals surface area (Å²) in [6, 6.07) is 31.3. The van der Waals surface area contributed by atoms with Gasteiger partial charge in [-0.15, -0.1) is 18.2 Å². The summed E-state index contributed by atoms with van der Waals surface area (Å²) >= 11 is 0. The van der Waals surface area contributed by atoms with Gasteiger partial charge in [-0.1, -0.05) is 127 Å². The van der Waals surface area contributed by atoms with E-state index < -0.39 is 0 Å². The summed E-state index contributed by atoms with van der Waals surface area (Å²) in [7, 11) is 0. The molecule has 0 saturated carbocycles. The Labute approximate surface area is 352 Å². The van der Waals surface area contributed by atoms with Crippen molar-refractivity contribution in [1.29, 1.82) is 0 Å². The topological polar surface area (TPSA) is 76.2 Å². The smallest absolute Gasteiger partial charge is 0.164 e. The van der Waals surface area contributed by atoms with Gasteiger partial charge in [0.2, 0.25) is 0 Å². The minimum Gasteiger partial charge on any atom is -0.512 e. The molecule has 1 N–H and O–H groups in total. The Morgan fingerprint density at radius 3 is 2.00 bits per heavy atom. The van der Waals surface area contributed by atoms with Crippen LogP contribution in [0, 0.1) is 37.7 Å². The Morgan fingerprint density at radius 1 is 0.754 bits per heavy atom. The van der Waals surface area contributed by atoms with E-state index in [-0.39, 0.29) is 48.4 Å². The number of allylic oxidation sites excluding steroid dienone is 2. The molecule has 0 bridgehead atoms. The molecule has 0 aliphatic carbocycles. The molecule has 0 unspecified atom stereocenters. The van der Waals surface area contributed by atoms with E-state index >= 15 is 0 Å². The number of aryl methyl sites for hydroxylation is 3. The molecule has 0 saturated heterocycles. The van der Waals surface area contributed by atoms with Crippen LogP contribution >= 0.6 is 0 Å². The summed E-state index contributed by atoms with van der Waals surface area (Å²) in [6.07, 6.45) is 4.75. The van der Waals surface area contributed by atoms with Gasteiger partial charge in [-0.2, -0.15) is 0 Å². The molecule has 7 rings (SSSR count). The van der Waals surface area contributed by atoms with Crippen LogP contribution in [0.3, 0.4) is 0 Å². The minimum absolute atomic E-state index is 0. The normalized spacial score (nSPS) is 12.3. The van der Waals surface area contributed by atoms with E-state index in [2.05, 4.69) is 113 Å². The first-order valence-corrected chi connectivity index (χ1v) is 20.3. The standard InChI is InChI=1S/C36H29N2O.C15H28O2.Ir/c1-20(2)36-37-33-27-13-7-6-12-25(27)23(5)18-30(33)34(38-36)29-15-9-14-28-26-17-16-24(19-31(26)39-35(28)29)32-21(3)10-8-11-22(32)4;1-7-14(5,8-2)12(16)11-13(17)15(6,9-3)10-4;/h6-14,16-20H,1-5H3;11,16H,7-10H2,1-6H3;/q-1;;/b;12-11-;. The molecule has 2 aromatic heterocycles. The first kappa shape index (κ1) is 43.5. The second kappa shape index (κ2) is 17.5. The third kappa shape index (κ3) is 8.22. The molecule has 299 valence electrons. The van der Waals surface area contributed by atoms with E-state index in [1.54, 1.807) is 0 Å². The SMILES string of the molecule is CCC(C)(CC)C(=O)/C=C(\O)C(C)(CC)CC.Cc1cccc(C)c1-c1ccc2c(c1)oc1c(-c3nc(C(C)C)nc4c3cc(C)c3ccccc34)[c-]ccc12.[Ir]. The van der Waals surface area contributed by atoms with Crippen LogP contribution < -0.4 is 0 Å². The summed E-state index contributed by atoms with van der Waals surface area (Å²) < 4.78 is 6.66. The number of furan rings is 1. The average molecular weight is 938 g/mol. The maximum absolute atomic E-state index is 12.2. The van der Waals surface area contributed by atoms with E-state index in [1.807, 2.05) is 47.6 Å². The second-order valence-corrected chi connectivity index (χ2v) is 16.3. The fourth-order valence-electron chi connectivity index (χ4n) is 7.63. The molecular formula is C51H57IrN2O3-. The molecule has 0 amide bonds. The van der Waals surface area contributed by atoms with Crippen molar-refractivity contribution in [2.75, 3.05) is 0 Å². The van der Waals surface area contributed by atoms with Crippen LogP contribution in [0.4, 0.5) is 0 Å². The maximum Gasteiger partial charge on any atom is 0.164 e. The molecule has 1 radical (unpaired) electrons. The van der Waals surface area contributed by atoms with Crippen molar-refractivity contribution >= 4 is 49.4 Å². The molecule has 2 heterocycles. The van der Waals surface area contributed by atoms with Crippen LogP contribution in [-0.2, 0) is 24.9 Å².